The molecule has 4 atom stereocenters. The Bertz CT molecular complexity index is 360. The molecular formula is C15H24BrNO2. The largest absolute Gasteiger partial charge is 0.465 e. The van der Waals surface area contributed by atoms with Crippen molar-refractivity contribution in [1.29, 1.82) is 0 Å². The Morgan fingerprint density at radius 1 is 1.32 bits per heavy atom. The standard InChI is InChI=1S/C15H24BrNO2/c1-15(9-13(15)16)14(18)19-10-11-5-4-8-17-7-3-2-6-12(11)17/h11-13H,2-10H2,1H3/t11-,12+,13?,15?/m0/s1. The second-order valence-corrected chi connectivity index (χ2v) is 7.79. The van der Waals surface area contributed by atoms with E-state index >= 15 is 0 Å². The van der Waals surface area contributed by atoms with Gasteiger partial charge in [-0.15, -0.1) is 0 Å². The van der Waals surface area contributed by atoms with Crippen LogP contribution in [0.25, 0.3) is 0 Å². The van der Waals surface area contributed by atoms with E-state index in [1.165, 1.54) is 45.2 Å². The van der Waals surface area contributed by atoms with Crippen LogP contribution >= 0.6 is 15.9 Å². The summed E-state index contributed by atoms with van der Waals surface area (Å²) in [6.45, 7) is 5.13. The summed E-state index contributed by atoms with van der Waals surface area (Å²) in [5, 5.41) is 0. The molecule has 1 saturated carbocycles. The highest BCUT2D eigenvalue weighted by Crippen LogP contribution is 2.52. The third-order valence-corrected chi connectivity index (χ3v) is 6.59. The number of alkyl halides is 1. The highest BCUT2D eigenvalue weighted by molar-refractivity contribution is 9.09. The number of fused-ring (bicyclic) bond motifs is 1. The number of nitrogens with zero attached hydrogens (tertiary/aromatic N) is 1. The quantitative estimate of drug-likeness (QED) is 0.589. The molecule has 0 aromatic heterocycles. The average Bonchev–Trinajstić information content (AvgIpc) is 3.05. The fourth-order valence-corrected chi connectivity index (χ4v) is 4.50. The molecule has 108 valence electrons. The molecule has 0 aromatic carbocycles. The van der Waals surface area contributed by atoms with Crippen LogP contribution in [-0.4, -0.2) is 41.4 Å². The Labute approximate surface area is 124 Å². The summed E-state index contributed by atoms with van der Waals surface area (Å²) >= 11 is 3.52. The molecule has 3 rings (SSSR count). The van der Waals surface area contributed by atoms with Gasteiger partial charge in [-0.3, -0.25) is 9.69 Å². The van der Waals surface area contributed by atoms with Crippen LogP contribution in [0.5, 0.6) is 0 Å². The minimum absolute atomic E-state index is 0.00214. The molecule has 0 N–H and O–H groups in total. The van der Waals surface area contributed by atoms with Crippen LogP contribution < -0.4 is 0 Å². The molecule has 4 heteroatoms. The van der Waals surface area contributed by atoms with Crippen molar-refractivity contribution in [1.82, 2.24) is 4.90 Å². The van der Waals surface area contributed by atoms with Crippen LogP contribution in [0.2, 0.25) is 0 Å². The molecule has 3 nitrogen and oxygen atoms in total. The van der Waals surface area contributed by atoms with E-state index in [1.807, 2.05) is 6.92 Å². The minimum atomic E-state index is -0.249. The van der Waals surface area contributed by atoms with E-state index in [1.54, 1.807) is 0 Å². The topological polar surface area (TPSA) is 29.5 Å². The van der Waals surface area contributed by atoms with Crippen molar-refractivity contribution in [2.24, 2.45) is 11.3 Å². The van der Waals surface area contributed by atoms with Gasteiger partial charge in [-0.1, -0.05) is 22.4 Å². The molecule has 19 heavy (non-hydrogen) atoms. The van der Waals surface area contributed by atoms with E-state index in [0.717, 1.165) is 6.42 Å². The predicted octanol–water partition coefficient (Wildman–Crippen LogP) is 2.97. The van der Waals surface area contributed by atoms with Crippen molar-refractivity contribution in [2.75, 3.05) is 19.7 Å². The smallest absolute Gasteiger partial charge is 0.312 e. The Hall–Kier alpha value is -0.0900. The Balaban J connectivity index is 1.53. The molecule has 0 amide bonds. The maximum absolute atomic E-state index is 12.1. The molecule has 0 aromatic rings. The van der Waals surface area contributed by atoms with E-state index in [-0.39, 0.29) is 11.4 Å². The van der Waals surface area contributed by atoms with Gasteiger partial charge in [-0.2, -0.15) is 0 Å². The van der Waals surface area contributed by atoms with Crippen LogP contribution in [0.1, 0.15) is 45.4 Å². The third-order valence-electron chi connectivity index (χ3n) is 5.26. The molecule has 1 aliphatic carbocycles. The molecule has 3 aliphatic rings. The van der Waals surface area contributed by atoms with Gasteiger partial charge in [0.2, 0.25) is 0 Å². The first-order valence-electron chi connectivity index (χ1n) is 7.66. The number of rotatable bonds is 3. The zero-order chi connectivity index (χ0) is 13.5. The number of carbonyl (C=O) groups is 1. The number of hydrogen-bond donors (Lipinski definition) is 0. The molecule has 2 saturated heterocycles. The lowest BCUT2D eigenvalue weighted by Crippen LogP contribution is -2.49. The average molecular weight is 330 g/mol. The molecule has 3 fully saturated rings. The summed E-state index contributed by atoms with van der Waals surface area (Å²) in [6.07, 6.45) is 7.38. The zero-order valence-electron chi connectivity index (χ0n) is 11.7. The Morgan fingerprint density at radius 2 is 2.05 bits per heavy atom. The van der Waals surface area contributed by atoms with Crippen molar-refractivity contribution >= 4 is 21.9 Å². The van der Waals surface area contributed by atoms with Gasteiger partial charge in [-0.25, -0.2) is 0 Å². The molecular weight excluding hydrogens is 306 g/mol. The van der Waals surface area contributed by atoms with Crippen molar-refractivity contribution in [3.63, 3.8) is 0 Å². The molecule has 2 heterocycles. The summed E-state index contributed by atoms with van der Waals surface area (Å²) in [7, 11) is 0. The van der Waals surface area contributed by atoms with Gasteiger partial charge in [0, 0.05) is 16.8 Å². The second-order valence-electron chi connectivity index (χ2n) is 6.69. The third kappa shape index (κ3) is 2.71. The van der Waals surface area contributed by atoms with Crippen molar-refractivity contribution < 1.29 is 9.53 Å². The summed E-state index contributed by atoms with van der Waals surface area (Å²) in [5.41, 5.74) is -0.249. The van der Waals surface area contributed by atoms with Gasteiger partial charge in [0.05, 0.1) is 12.0 Å². The van der Waals surface area contributed by atoms with Crippen molar-refractivity contribution in [2.45, 2.75) is 56.3 Å². The lowest BCUT2D eigenvalue weighted by atomic mass is 9.84. The summed E-state index contributed by atoms with van der Waals surface area (Å²) in [4.78, 5) is 15.0. The van der Waals surface area contributed by atoms with Crippen LogP contribution in [-0.2, 0) is 9.53 Å². The minimum Gasteiger partial charge on any atom is -0.465 e. The lowest BCUT2D eigenvalue weighted by Gasteiger charge is -2.44. The summed E-state index contributed by atoms with van der Waals surface area (Å²) in [6, 6.07) is 0.669. The van der Waals surface area contributed by atoms with Gasteiger partial charge >= 0.3 is 5.97 Å². The fraction of sp³-hybridized carbons (Fsp3) is 0.933. The highest BCUT2D eigenvalue weighted by atomic mass is 79.9. The van der Waals surface area contributed by atoms with E-state index in [9.17, 15) is 4.79 Å². The van der Waals surface area contributed by atoms with E-state index in [4.69, 9.17) is 4.74 Å². The summed E-state index contributed by atoms with van der Waals surface area (Å²) in [5.74, 6) is 0.566. The van der Waals surface area contributed by atoms with Crippen molar-refractivity contribution in [3.8, 4) is 0 Å². The first kappa shape index (κ1) is 13.9. The van der Waals surface area contributed by atoms with Crippen molar-refractivity contribution in [3.05, 3.63) is 0 Å². The number of esters is 1. The first-order valence-corrected chi connectivity index (χ1v) is 8.58. The lowest BCUT2D eigenvalue weighted by molar-refractivity contribution is -0.152. The number of carbonyl (C=O) groups excluding carboxylic acids is 1. The van der Waals surface area contributed by atoms with Gasteiger partial charge in [0.15, 0.2) is 0 Å². The molecule has 0 spiro atoms. The number of hydrogen-bond acceptors (Lipinski definition) is 3. The Kier molecular flexibility index (Phi) is 3.91. The Morgan fingerprint density at radius 3 is 2.79 bits per heavy atom. The normalized spacial score (nSPS) is 42.5. The predicted molar refractivity (Wildman–Crippen MR) is 78.3 cm³/mol. The van der Waals surface area contributed by atoms with E-state index in [0.29, 0.717) is 23.4 Å². The van der Waals surface area contributed by atoms with E-state index < -0.39 is 0 Å². The van der Waals surface area contributed by atoms with Crippen LogP contribution in [0.15, 0.2) is 0 Å². The number of halogens is 1. The maximum Gasteiger partial charge on any atom is 0.312 e. The zero-order valence-corrected chi connectivity index (χ0v) is 13.3. The van der Waals surface area contributed by atoms with Gasteiger partial charge in [0.25, 0.3) is 0 Å². The van der Waals surface area contributed by atoms with Gasteiger partial charge in [0.1, 0.15) is 0 Å². The van der Waals surface area contributed by atoms with Gasteiger partial charge < -0.3 is 4.74 Å². The molecule has 2 aliphatic heterocycles. The van der Waals surface area contributed by atoms with Crippen LogP contribution in [0.4, 0.5) is 0 Å². The van der Waals surface area contributed by atoms with Crippen LogP contribution in [0.3, 0.4) is 0 Å². The highest BCUT2D eigenvalue weighted by Gasteiger charge is 2.56. The number of ether oxygens (including phenoxy) is 1. The monoisotopic (exact) mass is 329 g/mol. The molecule has 0 bridgehead atoms. The van der Waals surface area contributed by atoms with E-state index in [2.05, 4.69) is 20.8 Å². The SMILES string of the molecule is CC1(C(=O)OC[C@@H]2CCCN3CCCC[C@H]23)CC1Br. The maximum atomic E-state index is 12.1. The molecule has 0 radical (unpaired) electrons. The summed E-state index contributed by atoms with van der Waals surface area (Å²) < 4.78 is 5.63. The molecule has 2 unspecified atom stereocenters. The second kappa shape index (κ2) is 5.36. The van der Waals surface area contributed by atoms with Crippen LogP contribution in [0, 0.1) is 11.3 Å². The first-order chi connectivity index (χ1) is 9.11. The number of piperidine rings is 2. The fourth-order valence-electron chi connectivity index (χ4n) is 3.64. The van der Waals surface area contributed by atoms with Gasteiger partial charge in [-0.05, 0) is 52.1 Å².